The van der Waals surface area contributed by atoms with Crippen LogP contribution in [0.2, 0.25) is 0 Å². The van der Waals surface area contributed by atoms with Crippen LogP contribution >= 0.6 is 0 Å². The second-order valence-corrected chi connectivity index (χ2v) is 5.63. The monoisotopic (exact) mass is 343 g/mol. The molecule has 0 bridgehead atoms. The highest BCUT2D eigenvalue weighted by Crippen LogP contribution is 2.14. The van der Waals surface area contributed by atoms with Crippen LogP contribution in [-0.2, 0) is 9.59 Å². The first kappa shape index (κ1) is 18.1. The largest absolute Gasteiger partial charge is 0.328 e. The number of aryl methyl sites for hydroxylation is 3. The molecule has 7 heteroatoms. The van der Waals surface area contributed by atoms with Crippen LogP contribution < -0.4 is 16.2 Å². The van der Waals surface area contributed by atoms with Crippen LogP contribution in [0.5, 0.6) is 0 Å². The summed E-state index contributed by atoms with van der Waals surface area (Å²) in [4.78, 5) is 35.4. The van der Waals surface area contributed by atoms with Gasteiger partial charge in [0.25, 0.3) is 5.91 Å². The highest BCUT2D eigenvalue weighted by atomic mass is 19.1. The van der Waals surface area contributed by atoms with Crippen LogP contribution in [0.25, 0.3) is 0 Å². The van der Waals surface area contributed by atoms with Crippen molar-refractivity contribution in [2.45, 2.75) is 20.8 Å². The topological polar surface area (TPSA) is 87.3 Å². The number of hydrogen-bond donors (Lipinski definition) is 3. The summed E-state index contributed by atoms with van der Waals surface area (Å²) in [6, 6.07) is 9.12. The molecule has 0 saturated carbocycles. The molecule has 0 spiro atoms. The van der Waals surface area contributed by atoms with Crippen LogP contribution in [0.3, 0.4) is 0 Å². The molecule has 0 aliphatic heterocycles. The van der Waals surface area contributed by atoms with E-state index in [1.807, 2.05) is 25.3 Å². The maximum atomic E-state index is 13.4. The normalized spacial score (nSPS) is 10.1. The predicted molar refractivity (Wildman–Crippen MR) is 91.3 cm³/mol. The Morgan fingerprint density at radius 2 is 1.48 bits per heavy atom. The summed E-state index contributed by atoms with van der Waals surface area (Å²) in [7, 11) is 0. The lowest BCUT2D eigenvalue weighted by atomic mass is 10.1. The number of amides is 3. The van der Waals surface area contributed by atoms with E-state index in [4.69, 9.17) is 0 Å². The molecule has 0 unspecified atom stereocenters. The van der Waals surface area contributed by atoms with Gasteiger partial charge in [-0.3, -0.25) is 25.2 Å². The highest BCUT2D eigenvalue weighted by molar-refractivity contribution is 6.39. The number of hydrazine groups is 1. The van der Waals surface area contributed by atoms with E-state index in [1.54, 1.807) is 19.1 Å². The average Bonchev–Trinajstić information content (AvgIpc) is 2.58. The Morgan fingerprint density at radius 3 is 2.12 bits per heavy atom. The maximum absolute atomic E-state index is 13.4. The van der Waals surface area contributed by atoms with Gasteiger partial charge in [-0.2, -0.15) is 0 Å². The van der Waals surface area contributed by atoms with Gasteiger partial charge in [-0.15, -0.1) is 0 Å². The van der Waals surface area contributed by atoms with E-state index < -0.39 is 23.5 Å². The van der Waals surface area contributed by atoms with Crippen LogP contribution in [0.4, 0.5) is 10.1 Å². The molecule has 0 atom stereocenters. The lowest BCUT2D eigenvalue weighted by molar-refractivity contribution is -0.136. The predicted octanol–water partition coefficient (Wildman–Crippen LogP) is 2.15. The number of anilines is 1. The summed E-state index contributed by atoms with van der Waals surface area (Å²) in [5.41, 5.74) is 6.97. The Balaban J connectivity index is 1.92. The molecular weight excluding hydrogens is 325 g/mol. The van der Waals surface area contributed by atoms with Crippen molar-refractivity contribution >= 4 is 23.4 Å². The minimum Gasteiger partial charge on any atom is -0.318 e. The summed E-state index contributed by atoms with van der Waals surface area (Å²) in [6.45, 7) is 5.37. The van der Waals surface area contributed by atoms with E-state index in [1.165, 1.54) is 12.1 Å². The van der Waals surface area contributed by atoms with E-state index in [9.17, 15) is 18.8 Å². The van der Waals surface area contributed by atoms with Crippen molar-refractivity contribution < 1.29 is 18.8 Å². The molecule has 2 aromatic carbocycles. The fourth-order valence-corrected chi connectivity index (χ4v) is 1.98. The molecular formula is C18H18FN3O3. The molecule has 3 amide bonds. The zero-order chi connectivity index (χ0) is 18.6. The second-order valence-electron chi connectivity index (χ2n) is 5.63. The van der Waals surface area contributed by atoms with E-state index in [0.717, 1.165) is 17.2 Å². The standard InChI is InChI=1S/C18H18FN3O3/c1-10-5-7-14(8-12(10)3)20-17(24)18(25)22-21-16(23)13-6-4-11(2)15(19)9-13/h4-9H,1-3H3,(H,20,24)(H,21,23)(H,22,25). The number of rotatable bonds is 2. The molecule has 6 nitrogen and oxygen atoms in total. The lowest BCUT2D eigenvalue weighted by Crippen LogP contribution is -2.46. The number of carbonyl (C=O) groups excluding carboxylic acids is 3. The van der Waals surface area contributed by atoms with Crippen LogP contribution in [0, 0.1) is 26.6 Å². The molecule has 0 aliphatic rings. The molecule has 0 radical (unpaired) electrons. The van der Waals surface area contributed by atoms with Crippen molar-refractivity contribution in [3.8, 4) is 0 Å². The van der Waals surface area contributed by atoms with E-state index in [-0.39, 0.29) is 5.56 Å². The summed E-state index contributed by atoms with van der Waals surface area (Å²) in [5, 5.41) is 2.43. The van der Waals surface area contributed by atoms with Crippen molar-refractivity contribution in [2.75, 3.05) is 5.32 Å². The van der Waals surface area contributed by atoms with E-state index in [0.29, 0.717) is 11.3 Å². The number of halogens is 1. The minimum atomic E-state index is -1.04. The van der Waals surface area contributed by atoms with Gasteiger partial charge in [0.05, 0.1) is 0 Å². The third-order valence-corrected chi connectivity index (χ3v) is 3.69. The van der Waals surface area contributed by atoms with Gasteiger partial charge in [0.15, 0.2) is 0 Å². The third-order valence-electron chi connectivity index (χ3n) is 3.69. The molecule has 2 rings (SSSR count). The molecule has 25 heavy (non-hydrogen) atoms. The zero-order valence-corrected chi connectivity index (χ0v) is 14.1. The highest BCUT2D eigenvalue weighted by Gasteiger charge is 2.16. The van der Waals surface area contributed by atoms with Gasteiger partial charge in [0.2, 0.25) is 0 Å². The molecule has 0 saturated heterocycles. The van der Waals surface area contributed by atoms with Crippen molar-refractivity contribution in [3.05, 3.63) is 64.5 Å². The fraction of sp³-hybridized carbons (Fsp3) is 0.167. The van der Waals surface area contributed by atoms with Gasteiger partial charge in [-0.05, 0) is 61.7 Å². The smallest absolute Gasteiger partial charge is 0.318 e. The first-order valence-electron chi connectivity index (χ1n) is 7.53. The summed E-state index contributed by atoms with van der Waals surface area (Å²) in [6.07, 6.45) is 0. The zero-order valence-electron chi connectivity index (χ0n) is 14.1. The number of nitrogens with one attached hydrogen (secondary N) is 3. The Kier molecular flexibility index (Phi) is 5.49. The van der Waals surface area contributed by atoms with Crippen molar-refractivity contribution in [1.29, 1.82) is 0 Å². The van der Waals surface area contributed by atoms with E-state index >= 15 is 0 Å². The quantitative estimate of drug-likeness (QED) is 0.577. The fourth-order valence-electron chi connectivity index (χ4n) is 1.98. The van der Waals surface area contributed by atoms with Gasteiger partial charge in [0.1, 0.15) is 5.82 Å². The Labute approximate surface area is 144 Å². The molecule has 3 N–H and O–H groups in total. The van der Waals surface area contributed by atoms with Crippen molar-refractivity contribution in [3.63, 3.8) is 0 Å². The van der Waals surface area contributed by atoms with Gasteiger partial charge >= 0.3 is 11.8 Å². The van der Waals surface area contributed by atoms with Crippen molar-refractivity contribution in [2.24, 2.45) is 0 Å². The van der Waals surface area contributed by atoms with Crippen LogP contribution in [0.15, 0.2) is 36.4 Å². The Morgan fingerprint density at radius 1 is 0.800 bits per heavy atom. The van der Waals surface area contributed by atoms with Gasteiger partial charge in [-0.25, -0.2) is 4.39 Å². The van der Waals surface area contributed by atoms with E-state index in [2.05, 4.69) is 10.7 Å². The van der Waals surface area contributed by atoms with Crippen molar-refractivity contribution in [1.82, 2.24) is 10.9 Å². The molecule has 130 valence electrons. The van der Waals surface area contributed by atoms with Gasteiger partial charge in [0, 0.05) is 11.3 Å². The minimum absolute atomic E-state index is 0.0259. The number of carbonyl (C=O) groups is 3. The first-order chi connectivity index (χ1) is 11.8. The van der Waals surface area contributed by atoms with Crippen LogP contribution in [0.1, 0.15) is 27.0 Å². The second kappa shape index (κ2) is 7.57. The molecule has 0 fully saturated rings. The summed E-state index contributed by atoms with van der Waals surface area (Å²) < 4.78 is 13.4. The number of benzene rings is 2. The van der Waals surface area contributed by atoms with Gasteiger partial charge < -0.3 is 5.32 Å². The van der Waals surface area contributed by atoms with Gasteiger partial charge in [-0.1, -0.05) is 12.1 Å². The Bertz CT molecular complexity index is 849. The van der Waals surface area contributed by atoms with Crippen LogP contribution in [-0.4, -0.2) is 17.7 Å². The summed E-state index contributed by atoms with van der Waals surface area (Å²) >= 11 is 0. The Hall–Kier alpha value is -3.22. The number of hydrogen-bond acceptors (Lipinski definition) is 3. The maximum Gasteiger partial charge on any atom is 0.328 e. The molecule has 0 aliphatic carbocycles. The summed E-state index contributed by atoms with van der Waals surface area (Å²) in [5.74, 6) is -3.24. The molecule has 2 aromatic rings. The third kappa shape index (κ3) is 4.63. The SMILES string of the molecule is Cc1ccc(NC(=O)C(=O)NNC(=O)c2ccc(C)c(F)c2)cc1C. The first-order valence-corrected chi connectivity index (χ1v) is 7.53. The average molecular weight is 343 g/mol. The molecule has 0 heterocycles. The lowest BCUT2D eigenvalue weighted by Gasteiger charge is -2.09. The molecule has 0 aromatic heterocycles.